The molecule has 1 aromatic rings. The highest BCUT2D eigenvalue weighted by molar-refractivity contribution is 5.76. The zero-order chi connectivity index (χ0) is 16.9. The predicted molar refractivity (Wildman–Crippen MR) is 86.2 cm³/mol. The highest BCUT2D eigenvalue weighted by atomic mass is 16.5. The number of amides is 2. The molecule has 2 heterocycles. The molecule has 0 spiro atoms. The van der Waals surface area contributed by atoms with Crippen LogP contribution in [0.15, 0.2) is 18.2 Å². The number of carboxylic acids is 1. The lowest BCUT2D eigenvalue weighted by Gasteiger charge is -2.30. The van der Waals surface area contributed by atoms with Crippen molar-refractivity contribution in [3.63, 3.8) is 0 Å². The van der Waals surface area contributed by atoms with Crippen LogP contribution in [0.3, 0.4) is 0 Å². The number of likely N-dealkylation sites (tertiary alicyclic amines) is 1. The number of carbonyl (C=O) groups is 2. The van der Waals surface area contributed by atoms with Crippen molar-refractivity contribution in [1.82, 2.24) is 10.2 Å². The van der Waals surface area contributed by atoms with Gasteiger partial charge < -0.3 is 24.8 Å². The Balaban J connectivity index is 1.56. The second-order valence-corrected chi connectivity index (χ2v) is 6.11. The van der Waals surface area contributed by atoms with Crippen LogP contribution < -0.4 is 14.8 Å². The molecule has 2 aliphatic heterocycles. The summed E-state index contributed by atoms with van der Waals surface area (Å²) in [4.78, 5) is 24.9. The first-order valence-electron chi connectivity index (χ1n) is 8.27. The zero-order valence-electron chi connectivity index (χ0n) is 13.5. The summed E-state index contributed by atoms with van der Waals surface area (Å²) in [5, 5.41) is 11.9. The Hall–Kier alpha value is -2.44. The van der Waals surface area contributed by atoms with Crippen molar-refractivity contribution in [2.24, 2.45) is 5.92 Å². The smallest absolute Gasteiger partial charge is 0.317 e. The molecule has 2 aliphatic rings. The van der Waals surface area contributed by atoms with E-state index in [4.69, 9.17) is 14.6 Å². The van der Waals surface area contributed by atoms with Crippen molar-refractivity contribution in [1.29, 1.82) is 0 Å². The van der Waals surface area contributed by atoms with Crippen LogP contribution in [0.5, 0.6) is 11.5 Å². The molecule has 2 N–H and O–H groups in total. The number of rotatable bonds is 3. The maximum atomic E-state index is 12.2. The highest BCUT2D eigenvalue weighted by Gasteiger charge is 2.27. The molecular formula is C17H22N2O5. The van der Waals surface area contributed by atoms with Crippen molar-refractivity contribution >= 4 is 12.0 Å². The fourth-order valence-electron chi connectivity index (χ4n) is 2.97. The van der Waals surface area contributed by atoms with E-state index in [1.54, 1.807) is 4.90 Å². The van der Waals surface area contributed by atoms with Gasteiger partial charge in [-0.2, -0.15) is 0 Å². The monoisotopic (exact) mass is 334 g/mol. The van der Waals surface area contributed by atoms with Gasteiger partial charge in [0.05, 0.1) is 19.1 Å². The second-order valence-electron chi connectivity index (χ2n) is 6.11. The van der Waals surface area contributed by atoms with Gasteiger partial charge in [0.15, 0.2) is 11.5 Å². The molecule has 1 fully saturated rings. The van der Waals surface area contributed by atoms with Crippen LogP contribution in [0.25, 0.3) is 0 Å². The van der Waals surface area contributed by atoms with E-state index in [9.17, 15) is 9.59 Å². The van der Waals surface area contributed by atoms with Crippen LogP contribution in [-0.4, -0.2) is 48.3 Å². The Bertz CT molecular complexity index is 619. The van der Waals surface area contributed by atoms with Gasteiger partial charge in [0.1, 0.15) is 0 Å². The number of hydrogen-bond donors (Lipinski definition) is 2. The van der Waals surface area contributed by atoms with Gasteiger partial charge in [0.2, 0.25) is 0 Å². The highest BCUT2D eigenvalue weighted by Crippen LogP contribution is 2.30. The lowest BCUT2D eigenvalue weighted by Crippen LogP contribution is -2.46. The number of piperidine rings is 1. The summed E-state index contributed by atoms with van der Waals surface area (Å²) >= 11 is 0. The van der Waals surface area contributed by atoms with E-state index in [2.05, 4.69) is 5.32 Å². The lowest BCUT2D eigenvalue weighted by atomic mass is 9.99. The molecule has 1 atom stereocenters. The number of urea groups is 1. The average Bonchev–Trinajstić information content (AvgIpc) is 2.84. The molecule has 24 heavy (non-hydrogen) atoms. The first-order chi connectivity index (χ1) is 11.6. The molecular weight excluding hydrogens is 312 g/mol. The summed E-state index contributed by atoms with van der Waals surface area (Å²) < 4.78 is 11.2. The molecule has 0 radical (unpaired) electrons. The van der Waals surface area contributed by atoms with E-state index in [1.165, 1.54) is 0 Å². The number of carbonyl (C=O) groups excluding carboxylic acids is 1. The fraction of sp³-hybridized carbons (Fsp3) is 0.529. The molecule has 2 amide bonds. The normalized spacial score (nSPS) is 20.2. The zero-order valence-corrected chi connectivity index (χ0v) is 13.5. The van der Waals surface area contributed by atoms with Gasteiger partial charge in [-0.25, -0.2) is 4.79 Å². The standard InChI is InChI=1S/C17H22N2O5/c20-16(21)13-3-1-6-19(11-13)17(22)18-10-12-4-5-14-15(9-12)24-8-2-7-23-14/h4-5,9,13H,1-3,6-8,10-11H2,(H,18,22)(H,20,21). The minimum atomic E-state index is -0.838. The second kappa shape index (κ2) is 7.42. The van der Waals surface area contributed by atoms with Crippen LogP contribution in [0.2, 0.25) is 0 Å². The molecule has 1 saturated heterocycles. The van der Waals surface area contributed by atoms with Crippen molar-refractivity contribution in [2.75, 3.05) is 26.3 Å². The first kappa shape index (κ1) is 16.4. The maximum Gasteiger partial charge on any atom is 0.317 e. The molecule has 3 rings (SSSR count). The third-order valence-electron chi connectivity index (χ3n) is 4.31. The van der Waals surface area contributed by atoms with Gasteiger partial charge in [0, 0.05) is 26.1 Å². The van der Waals surface area contributed by atoms with Gasteiger partial charge in [-0.15, -0.1) is 0 Å². The number of benzene rings is 1. The van der Waals surface area contributed by atoms with E-state index in [0.717, 1.165) is 17.7 Å². The molecule has 0 aromatic heterocycles. The van der Waals surface area contributed by atoms with E-state index in [1.807, 2.05) is 18.2 Å². The minimum Gasteiger partial charge on any atom is -0.490 e. The van der Waals surface area contributed by atoms with Crippen molar-refractivity contribution in [3.05, 3.63) is 23.8 Å². The fourth-order valence-corrected chi connectivity index (χ4v) is 2.97. The Labute approximate surface area is 140 Å². The minimum absolute atomic E-state index is 0.229. The topological polar surface area (TPSA) is 88.1 Å². The van der Waals surface area contributed by atoms with Crippen LogP contribution >= 0.6 is 0 Å². The summed E-state index contributed by atoms with van der Waals surface area (Å²) in [6.45, 7) is 2.48. The number of nitrogens with one attached hydrogen (secondary N) is 1. The Kier molecular flexibility index (Phi) is 5.08. The lowest BCUT2D eigenvalue weighted by molar-refractivity contribution is -0.143. The van der Waals surface area contributed by atoms with Crippen LogP contribution in [0.4, 0.5) is 4.79 Å². The van der Waals surface area contributed by atoms with Gasteiger partial charge in [-0.1, -0.05) is 6.07 Å². The van der Waals surface area contributed by atoms with Crippen molar-refractivity contribution in [3.8, 4) is 11.5 Å². The third-order valence-corrected chi connectivity index (χ3v) is 4.31. The predicted octanol–water partition coefficient (Wildman–Crippen LogP) is 1.85. The molecule has 1 aromatic carbocycles. The summed E-state index contributed by atoms with van der Waals surface area (Å²) in [7, 11) is 0. The summed E-state index contributed by atoms with van der Waals surface area (Å²) in [5.41, 5.74) is 0.916. The quantitative estimate of drug-likeness (QED) is 0.881. The van der Waals surface area contributed by atoms with E-state index < -0.39 is 11.9 Å². The maximum absolute atomic E-state index is 12.2. The number of carboxylic acid groups (broad SMARTS) is 1. The average molecular weight is 334 g/mol. The number of hydrogen-bond acceptors (Lipinski definition) is 4. The van der Waals surface area contributed by atoms with Gasteiger partial charge in [-0.3, -0.25) is 4.79 Å². The molecule has 0 bridgehead atoms. The summed E-state index contributed by atoms with van der Waals surface area (Å²) in [6.07, 6.45) is 2.19. The van der Waals surface area contributed by atoms with Gasteiger partial charge in [0.25, 0.3) is 0 Å². The van der Waals surface area contributed by atoms with Crippen molar-refractivity contribution < 1.29 is 24.2 Å². The van der Waals surface area contributed by atoms with E-state index in [-0.39, 0.29) is 12.6 Å². The number of nitrogens with zero attached hydrogens (tertiary/aromatic N) is 1. The molecule has 7 heteroatoms. The Morgan fingerprint density at radius 1 is 1.21 bits per heavy atom. The van der Waals surface area contributed by atoms with E-state index >= 15 is 0 Å². The number of ether oxygens (including phenoxy) is 2. The number of fused-ring (bicyclic) bond motifs is 1. The third kappa shape index (κ3) is 3.90. The SMILES string of the molecule is O=C(O)C1CCCN(C(=O)NCc2ccc3c(c2)OCCCO3)C1. The summed E-state index contributed by atoms with van der Waals surface area (Å²) in [5.74, 6) is 0.115. The van der Waals surface area contributed by atoms with Gasteiger partial charge in [-0.05, 0) is 30.5 Å². The van der Waals surface area contributed by atoms with Gasteiger partial charge >= 0.3 is 12.0 Å². The Morgan fingerprint density at radius 3 is 2.79 bits per heavy atom. The molecule has 0 saturated carbocycles. The first-order valence-corrected chi connectivity index (χ1v) is 8.27. The van der Waals surface area contributed by atoms with Crippen LogP contribution in [-0.2, 0) is 11.3 Å². The molecule has 130 valence electrons. The Morgan fingerprint density at radius 2 is 2.00 bits per heavy atom. The largest absolute Gasteiger partial charge is 0.490 e. The van der Waals surface area contributed by atoms with Crippen LogP contribution in [0, 0.1) is 5.92 Å². The van der Waals surface area contributed by atoms with Crippen molar-refractivity contribution in [2.45, 2.75) is 25.8 Å². The van der Waals surface area contributed by atoms with E-state index in [0.29, 0.717) is 44.9 Å². The molecule has 0 aliphatic carbocycles. The molecule has 1 unspecified atom stereocenters. The number of aliphatic carboxylic acids is 1. The van der Waals surface area contributed by atoms with Crippen LogP contribution in [0.1, 0.15) is 24.8 Å². The summed E-state index contributed by atoms with van der Waals surface area (Å²) in [6, 6.07) is 5.39. The molecule has 7 nitrogen and oxygen atoms in total.